The van der Waals surface area contributed by atoms with Gasteiger partial charge in [-0.1, -0.05) is 23.7 Å². The number of nitrogens with zero attached hydrogens (tertiary/aromatic N) is 1. The molecule has 0 bridgehead atoms. The summed E-state index contributed by atoms with van der Waals surface area (Å²) in [5.41, 5.74) is 2.11. The Morgan fingerprint density at radius 1 is 1.11 bits per heavy atom. The van der Waals surface area contributed by atoms with Crippen LogP contribution in [-0.4, -0.2) is 10.6 Å². The molecule has 0 aliphatic heterocycles. The lowest BCUT2D eigenvalue weighted by molar-refractivity contribution is -0.384. The molecule has 4 nitrogen and oxygen atoms in total. The minimum atomic E-state index is -0.452. The quantitative estimate of drug-likeness (QED) is 0.522. The molecule has 1 N–H and O–H groups in total. The normalized spacial score (nSPS) is 10.2. The van der Waals surface area contributed by atoms with Gasteiger partial charge in [-0.05, 0) is 35.4 Å². The van der Waals surface area contributed by atoms with Gasteiger partial charge in [-0.2, -0.15) is 0 Å². The van der Waals surface area contributed by atoms with Crippen LogP contribution in [0.5, 0.6) is 0 Å². The summed E-state index contributed by atoms with van der Waals surface area (Å²) in [7, 11) is 0. The Hall–Kier alpha value is -2.20. The first-order chi connectivity index (χ1) is 9.06. The predicted molar refractivity (Wildman–Crippen MR) is 75.1 cm³/mol. The zero-order valence-electron chi connectivity index (χ0n) is 9.97. The van der Waals surface area contributed by atoms with Gasteiger partial charge in [-0.25, -0.2) is 0 Å². The molecule has 0 radical (unpaired) electrons. The molecule has 0 unspecified atom stereocenters. The Bertz CT molecular complexity index is 606. The van der Waals surface area contributed by atoms with E-state index in [4.69, 9.17) is 17.0 Å². The van der Waals surface area contributed by atoms with Gasteiger partial charge in [-0.15, -0.1) is 0 Å². The molecule has 0 saturated heterocycles. The van der Waals surface area contributed by atoms with E-state index in [1.807, 2.05) is 12.1 Å². The zero-order chi connectivity index (χ0) is 13.8. The molecule has 19 heavy (non-hydrogen) atoms. The second kappa shape index (κ2) is 5.63. The molecule has 2 aromatic rings. The second-order valence-electron chi connectivity index (χ2n) is 4.09. The standard InChI is InChI=1S/C14H11ClN2O2/c15-12-5-1-10(2-6-12)9-14(16)11-3-7-13(8-4-11)17(18)19/h1-8,16H,9H2. The molecule has 0 amide bonds. The highest BCUT2D eigenvalue weighted by atomic mass is 35.5. The van der Waals surface area contributed by atoms with Crippen molar-refractivity contribution in [3.63, 3.8) is 0 Å². The van der Waals surface area contributed by atoms with E-state index < -0.39 is 4.92 Å². The predicted octanol–water partition coefficient (Wildman–Crippen LogP) is 3.86. The van der Waals surface area contributed by atoms with Crippen molar-refractivity contribution in [2.45, 2.75) is 6.42 Å². The van der Waals surface area contributed by atoms with E-state index in [0.717, 1.165) is 5.56 Å². The van der Waals surface area contributed by atoms with Crippen molar-refractivity contribution in [2.24, 2.45) is 0 Å². The molecular formula is C14H11ClN2O2. The smallest absolute Gasteiger partial charge is 0.269 e. The summed E-state index contributed by atoms with van der Waals surface area (Å²) in [6.07, 6.45) is 0.467. The summed E-state index contributed by atoms with van der Waals surface area (Å²) in [5.74, 6) is 0. The lowest BCUT2D eigenvalue weighted by atomic mass is 10.0. The number of nitro groups is 1. The Balaban J connectivity index is 2.11. The minimum absolute atomic E-state index is 0.0306. The Kier molecular flexibility index (Phi) is 3.92. The maximum absolute atomic E-state index is 10.5. The number of hydrogen-bond acceptors (Lipinski definition) is 3. The van der Waals surface area contributed by atoms with Gasteiger partial charge < -0.3 is 5.41 Å². The summed E-state index contributed by atoms with van der Waals surface area (Å²) in [6, 6.07) is 13.3. The minimum Gasteiger partial charge on any atom is -0.304 e. The van der Waals surface area contributed by atoms with Gasteiger partial charge in [0.25, 0.3) is 5.69 Å². The maximum Gasteiger partial charge on any atom is 0.269 e. The van der Waals surface area contributed by atoms with Gasteiger partial charge in [0.05, 0.1) is 4.92 Å². The Labute approximate surface area is 115 Å². The van der Waals surface area contributed by atoms with Crippen LogP contribution in [0.4, 0.5) is 5.69 Å². The van der Waals surface area contributed by atoms with Gasteiger partial charge in [-0.3, -0.25) is 10.1 Å². The lowest BCUT2D eigenvalue weighted by Gasteiger charge is -2.04. The largest absolute Gasteiger partial charge is 0.304 e. The van der Waals surface area contributed by atoms with Crippen LogP contribution < -0.4 is 0 Å². The van der Waals surface area contributed by atoms with E-state index in [1.165, 1.54) is 12.1 Å². The first-order valence-corrected chi connectivity index (χ1v) is 6.01. The summed E-state index contributed by atoms with van der Waals surface area (Å²) in [5, 5.41) is 19.2. The monoisotopic (exact) mass is 274 g/mol. The fraction of sp³-hybridized carbons (Fsp3) is 0.0714. The number of hydrogen-bond donors (Lipinski definition) is 1. The molecule has 0 spiro atoms. The second-order valence-corrected chi connectivity index (χ2v) is 4.52. The molecule has 0 aliphatic carbocycles. The van der Waals surface area contributed by atoms with Crippen LogP contribution in [0.2, 0.25) is 5.02 Å². The van der Waals surface area contributed by atoms with Crippen molar-refractivity contribution in [1.82, 2.24) is 0 Å². The van der Waals surface area contributed by atoms with E-state index in [-0.39, 0.29) is 5.69 Å². The molecule has 5 heteroatoms. The first kappa shape index (κ1) is 13.2. The SMILES string of the molecule is N=C(Cc1ccc(Cl)cc1)c1ccc([N+](=O)[O-])cc1. The summed E-state index contributed by atoms with van der Waals surface area (Å²) < 4.78 is 0. The maximum atomic E-state index is 10.5. The number of benzene rings is 2. The molecule has 96 valence electrons. The molecule has 0 aromatic heterocycles. The van der Waals surface area contributed by atoms with Crippen molar-refractivity contribution < 1.29 is 4.92 Å². The topological polar surface area (TPSA) is 67.0 Å². The van der Waals surface area contributed by atoms with Gasteiger partial charge in [0.2, 0.25) is 0 Å². The molecular weight excluding hydrogens is 264 g/mol. The number of nitro benzene ring substituents is 1. The summed E-state index contributed by atoms with van der Waals surface area (Å²) in [6.45, 7) is 0. The summed E-state index contributed by atoms with van der Waals surface area (Å²) in [4.78, 5) is 10.1. The average Bonchev–Trinajstić information content (AvgIpc) is 2.41. The van der Waals surface area contributed by atoms with E-state index in [2.05, 4.69) is 0 Å². The highest BCUT2D eigenvalue weighted by Gasteiger charge is 2.07. The highest BCUT2D eigenvalue weighted by molar-refractivity contribution is 6.30. The average molecular weight is 275 g/mol. The van der Waals surface area contributed by atoms with Crippen LogP contribution in [0.3, 0.4) is 0 Å². The van der Waals surface area contributed by atoms with Gasteiger partial charge in [0, 0.05) is 29.3 Å². The number of non-ortho nitro benzene ring substituents is 1. The number of halogens is 1. The summed E-state index contributed by atoms with van der Waals surface area (Å²) >= 11 is 5.79. The van der Waals surface area contributed by atoms with E-state index in [9.17, 15) is 10.1 Å². The van der Waals surface area contributed by atoms with Gasteiger partial charge in [0.15, 0.2) is 0 Å². The number of nitrogens with one attached hydrogen (secondary N) is 1. The van der Waals surface area contributed by atoms with Crippen LogP contribution in [0.25, 0.3) is 0 Å². The third kappa shape index (κ3) is 3.39. The molecule has 0 atom stereocenters. The van der Waals surface area contributed by atoms with Crippen molar-refractivity contribution >= 4 is 23.0 Å². The van der Waals surface area contributed by atoms with Crippen molar-refractivity contribution in [3.8, 4) is 0 Å². The first-order valence-electron chi connectivity index (χ1n) is 5.63. The van der Waals surface area contributed by atoms with Crippen LogP contribution in [0.1, 0.15) is 11.1 Å². The Morgan fingerprint density at radius 3 is 2.21 bits per heavy atom. The van der Waals surface area contributed by atoms with Gasteiger partial charge in [0.1, 0.15) is 0 Å². The van der Waals surface area contributed by atoms with Crippen molar-refractivity contribution in [1.29, 1.82) is 5.41 Å². The molecule has 2 aromatic carbocycles. The van der Waals surface area contributed by atoms with Crippen molar-refractivity contribution in [3.05, 3.63) is 74.8 Å². The van der Waals surface area contributed by atoms with E-state index in [1.54, 1.807) is 24.3 Å². The fourth-order valence-corrected chi connectivity index (χ4v) is 1.82. The van der Waals surface area contributed by atoms with Crippen LogP contribution >= 0.6 is 11.6 Å². The zero-order valence-corrected chi connectivity index (χ0v) is 10.7. The lowest BCUT2D eigenvalue weighted by Crippen LogP contribution is -2.03. The third-order valence-electron chi connectivity index (χ3n) is 2.72. The van der Waals surface area contributed by atoms with E-state index in [0.29, 0.717) is 22.7 Å². The third-order valence-corrected chi connectivity index (χ3v) is 2.97. The molecule has 2 rings (SSSR count). The fourth-order valence-electron chi connectivity index (χ4n) is 1.69. The van der Waals surface area contributed by atoms with Crippen molar-refractivity contribution in [2.75, 3.05) is 0 Å². The molecule has 0 saturated carbocycles. The van der Waals surface area contributed by atoms with Crippen LogP contribution in [0.15, 0.2) is 48.5 Å². The molecule has 0 aliphatic rings. The van der Waals surface area contributed by atoms with Crippen LogP contribution in [0, 0.1) is 15.5 Å². The van der Waals surface area contributed by atoms with E-state index >= 15 is 0 Å². The number of rotatable bonds is 4. The molecule has 0 heterocycles. The Morgan fingerprint density at radius 2 is 1.68 bits per heavy atom. The van der Waals surface area contributed by atoms with Crippen LogP contribution in [-0.2, 0) is 6.42 Å². The molecule has 0 fully saturated rings. The van der Waals surface area contributed by atoms with Gasteiger partial charge >= 0.3 is 0 Å². The highest BCUT2D eigenvalue weighted by Crippen LogP contribution is 2.15.